The van der Waals surface area contributed by atoms with E-state index in [1.807, 2.05) is 47.1 Å². The molecule has 2 atom stereocenters. The molecule has 6 rings (SSSR count). The van der Waals surface area contributed by atoms with Crippen LogP contribution in [0.25, 0.3) is 5.52 Å². The molecule has 164 valence electrons. The van der Waals surface area contributed by atoms with Gasteiger partial charge in [0, 0.05) is 42.8 Å². The number of hydrogen-bond acceptors (Lipinski definition) is 6. The Morgan fingerprint density at radius 2 is 1.85 bits per heavy atom. The Bertz CT molecular complexity index is 1410. The number of benzene rings is 1. The maximum atomic E-state index is 10.7. The highest BCUT2D eigenvalue weighted by Crippen LogP contribution is 2.35. The first kappa shape index (κ1) is 19.6. The Hall–Kier alpha value is -4.04. The normalized spacial score (nSPS) is 16.7. The first-order valence-corrected chi connectivity index (χ1v) is 11.0. The van der Waals surface area contributed by atoms with Gasteiger partial charge in [-0.1, -0.05) is 36.4 Å². The van der Waals surface area contributed by atoms with Gasteiger partial charge in [0.2, 0.25) is 5.95 Å². The third kappa shape index (κ3) is 3.35. The van der Waals surface area contributed by atoms with Gasteiger partial charge in [0.15, 0.2) is 0 Å². The number of fused-ring (bicyclic) bond motifs is 2. The highest BCUT2D eigenvalue weighted by molar-refractivity contribution is 5.57. The quantitative estimate of drug-likeness (QED) is 0.448. The Morgan fingerprint density at radius 3 is 2.64 bits per heavy atom. The minimum absolute atomic E-state index is 0.204. The van der Waals surface area contributed by atoms with E-state index < -0.39 is 6.10 Å². The molecule has 8 nitrogen and oxygen atoms in total. The Kier molecular flexibility index (Phi) is 4.66. The van der Waals surface area contributed by atoms with Gasteiger partial charge in [0.25, 0.3) is 0 Å². The molecule has 0 saturated heterocycles. The summed E-state index contributed by atoms with van der Waals surface area (Å²) in [4.78, 5) is 19.3. The van der Waals surface area contributed by atoms with Crippen molar-refractivity contribution in [3.05, 3.63) is 107 Å². The standard InChI is InChI=1S/C25H23N7O/c1-16-6-5-10-32-21(16)12-20(30-32)23-22-19(28-15-29-22)9-11-31(23)25-26-13-18(14-27-25)24(33)17-7-3-2-4-8-17/h2-8,10,12-15,23-24,33H,9,11H2,1H3,(H,28,29)/t23-,24?/m1/s1. The van der Waals surface area contributed by atoms with Gasteiger partial charge < -0.3 is 15.0 Å². The van der Waals surface area contributed by atoms with E-state index in [0.717, 1.165) is 46.7 Å². The summed E-state index contributed by atoms with van der Waals surface area (Å²) in [5.41, 5.74) is 6.65. The highest BCUT2D eigenvalue weighted by Gasteiger charge is 2.34. The lowest BCUT2D eigenvalue weighted by Gasteiger charge is -2.34. The summed E-state index contributed by atoms with van der Waals surface area (Å²) in [6, 6.07) is 15.5. The minimum Gasteiger partial charge on any atom is -0.384 e. The largest absolute Gasteiger partial charge is 0.384 e. The van der Waals surface area contributed by atoms with Gasteiger partial charge in [0.1, 0.15) is 12.1 Å². The molecule has 5 heterocycles. The lowest BCUT2D eigenvalue weighted by molar-refractivity contribution is 0.219. The summed E-state index contributed by atoms with van der Waals surface area (Å²) in [6.07, 6.45) is 7.14. The van der Waals surface area contributed by atoms with Crippen molar-refractivity contribution < 1.29 is 5.11 Å². The summed E-state index contributed by atoms with van der Waals surface area (Å²) < 4.78 is 1.91. The van der Waals surface area contributed by atoms with Gasteiger partial charge in [-0.05, 0) is 30.2 Å². The van der Waals surface area contributed by atoms with E-state index in [-0.39, 0.29) is 6.04 Å². The number of rotatable bonds is 4. The molecular weight excluding hydrogens is 414 g/mol. The van der Waals surface area contributed by atoms with Crippen LogP contribution < -0.4 is 4.90 Å². The van der Waals surface area contributed by atoms with E-state index in [0.29, 0.717) is 11.5 Å². The van der Waals surface area contributed by atoms with Crippen LogP contribution in [0.3, 0.4) is 0 Å². The molecule has 1 unspecified atom stereocenters. The first-order valence-electron chi connectivity index (χ1n) is 11.0. The lowest BCUT2D eigenvalue weighted by atomic mass is 10.00. The van der Waals surface area contributed by atoms with Gasteiger partial charge in [-0.2, -0.15) is 5.10 Å². The molecule has 0 bridgehead atoms. The van der Waals surface area contributed by atoms with Crippen molar-refractivity contribution in [1.29, 1.82) is 0 Å². The fourth-order valence-electron chi connectivity index (χ4n) is 4.55. The van der Waals surface area contributed by atoms with Gasteiger partial charge in [-0.3, -0.25) is 0 Å². The molecule has 0 spiro atoms. The van der Waals surface area contributed by atoms with E-state index in [9.17, 15) is 5.11 Å². The van der Waals surface area contributed by atoms with E-state index >= 15 is 0 Å². The topological polar surface area (TPSA) is 95.2 Å². The number of nitrogens with one attached hydrogen (secondary N) is 1. The average Bonchev–Trinajstić information content (AvgIpc) is 3.51. The van der Waals surface area contributed by atoms with Crippen molar-refractivity contribution in [3.8, 4) is 0 Å². The zero-order chi connectivity index (χ0) is 22.4. The molecule has 0 amide bonds. The molecule has 4 aromatic heterocycles. The van der Waals surface area contributed by atoms with E-state index in [1.54, 1.807) is 18.7 Å². The molecule has 1 aromatic carbocycles. The number of nitrogens with zero attached hydrogens (tertiary/aromatic N) is 6. The zero-order valence-corrected chi connectivity index (χ0v) is 18.1. The van der Waals surface area contributed by atoms with Crippen LogP contribution in [0.4, 0.5) is 5.95 Å². The predicted octanol–water partition coefficient (Wildman–Crippen LogP) is 3.39. The van der Waals surface area contributed by atoms with Crippen LogP contribution in [0, 0.1) is 6.92 Å². The number of H-pyrrole nitrogens is 1. The molecule has 0 saturated carbocycles. The molecule has 1 aliphatic rings. The molecule has 2 N–H and O–H groups in total. The molecule has 5 aromatic rings. The Labute approximate surface area is 190 Å². The van der Waals surface area contributed by atoms with Crippen molar-refractivity contribution >= 4 is 11.5 Å². The predicted molar refractivity (Wildman–Crippen MR) is 124 cm³/mol. The number of aryl methyl sites for hydroxylation is 1. The van der Waals surface area contributed by atoms with Crippen molar-refractivity contribution in [1.82, 2.24) is 29.5 Å². The third-order valence-electron chi connectivity index (χ3n) is 6.28. The van der Waals surface area contributed by atoms with Gasteiger partial charge in [-0.15, -0.1) is 0 Å². The number of imidazole rings is 1. The Morgan fingerprint density at radius 1 is 1.03 bits per heavy atom. The fourth-order valence-corrected chi connectivity index (χ4v) is 4.55. The summed E-state index contributed by atoms with van der Waals surface area (Å²) in [7, 11) is 0. The zero-order valence-electron chi connectivity index (χ0n) is 18.1. The number of hydrogen-bond donors (Lipinski definition) is 2. The summed E-state index contributed by atoms with van der Waals surface area (Å²) >= 11 is 0. The second kappa shape index (κ2) is 7.83. The minimum atomic E-state index is -0.767. The molecule has 0 aliphatic carbocycles. The number of pyridine rings is 1. The number of anilines is 1. The van der Waals surface area contributed by atoms with Crippen LogP contribution in [0.1, 0.15) is 45.9 Å². The van der Waals surface area contributed by atoms with Crippen LogP contribution in [-0.2, 0) is 6.42 Å². The molecule has 33 heavy (non-hydrogen) atoms. The number of aliphatic hydroxyl groups excluding tert-OH is 1. The van der Waals surface area contributed by atoms with Gasteiger partial charge >= 0.3 is 0 Å². The molecule has 8 heteroatoms. The van der Waals surface area contributed by atoms with E-state index in [4.69, 9.17) is 5.10 Å². The molecular formula is C25H23N7O. The van der Waals surface area contributed by atoms with Gasteiger partial charge in [-0.25, -0.2) is 19.5 Å². The van der Waals surface area contributed by atoms with E-state index in [1.165, 1.54) is 0 Å². The van der Waals surface area contributed by atoms with Crippen molar-refractivity contribution in [2.75, 3.05) is 11.4 Å². The van der Waals surface area contributed by atoms with Crippen LogP contribution in [0.15, 0.2) is 73.4 Å². The van der Waals surface area contributed by atoms with Gasteiger partial charge in [0.05, 0.1) is 23.2 Å². The average molecular weight is 438 g/mol. The summed E-state index contributed by atoms with van der Waals surface area (Å²) in [5.74, 6) is 0.589. The van der Waals surface area contributed by atoms with Crippen molar-refractivity contribution in [2.45, 2.75) is 25.5 Å². The first-order chi connectivity index (χ1) is 16.2. The van der Waals surface area contributed by atoms with Crippen LogP contribution in [0.5, 0.6) is 0 Å². The van der Waals surface area contributed by atoms with Crippen LogP contribution in [-0.4, -0.2) is 41.2 Å². The number of aromatic amines is 1. The van der Waals surface area contributed by atoms with Crippen LogP contribution >= 0.6 is 0 Å². The second-order valence-corrected chi connectivity index (χ2v) is 8.33. The van der Waals surface area contributed by atoms with Crippen molar-refractivity contribution in [2.24, 2.45) is 0 Å². The maximum Gasteiger partial charge on any atom is 0.226 e. The van der Waals surface area contributed by atoms with E-state index in [2.05, 4.69) is 43.9 Å². The second-order valence-electron chi connectivity index (χ2n) is 8.33. The number of aromatic nitrogens is 6. The number of aliphatic hydroxyl groups is 1. The van der Waals surface area contributed by atoms with Crippen LogP contribution in [0.2, 0.25) is 0 Å². The third-order valence-corrected chi connectivity index (χ3v) is 6.28. The van der Waals surface area contributed by atoms with Crippen molar-refractivity contribution in [3.63, 3.8) is 0 Å². The SMILES string of the molecule is Cc1cccn2nc([C@@H]3c4nc[nH]c4CCN3c3ncc(C(O)c4ccccc4)cn3)cc12. The maximum absolute atomic E-state index is 10.7. The molecule has 1 aliphatic heterocycles. The smallest absolute Gasteiger partial charge is 0.226 e. The summed E-state index contributed by atoms with van der Waals surface area (Å²) in [6.45, 7) is 2.81. The monoisotopic (exact) mass is 437 g/mol. The lowest BCUT2D eigenvalue weighted by Crippen LogP contribution is -2.37. The molecule has 0 fully saturated rings. The Balaban J connectivity index is 1.38. The fraction of sp³-hybridized carbons (Fsp3) is 0.200. The molecule has 0 radical (unpaired) electrons. The summed E-state index contributed by atoms with van der Waals surface area (Å²) in [5, 5.41) is 15.6. The highest BCUT2D eigenvalue weighted by atomic mass is 16.3.